The smallest absolute Gasteiger partial charge is 0.0596 e. The molecule has 0 spiro atoms. The molecule has 0 N–H and O–H groups in total. The Bertz CT molecular complexity index is 386. The minimum atomic E-state index is 0. The summed E-state index contributed by atoms with van der Waals surface area (Å²) in [4.78, 5) is 2.24. The van der Waals surface area contributed by atoms with Crippen LogP contribution in [0.1, 0.15) is 17.2 Å². The van der Waals surface area contributed by atoms with Crippen LogP contribution in [0.3, 0.4) is 0 Å². The van der Waals surface area contributed by atoms with Gasteiger partial charge in [0.1, 0.15) is 0 Å². The summed E-state index contributed by atoms with van der Waals surface area (Å²) in [5.74, 6) is 0. The van der Waals surface area contributed by atoms with Crippen molar-refractivity contribution in [1.29, 1.82) is 0 Å². The van der Waals surface area contributed by atoms with E-state index in [9.17, 15) is 0 Å². The molecule has 2 aromatic rings. The highest BCUT2D eigenvalue weighted by Gasteiger charge is 2.15. The second kappa shape index (κ2) is 6.58. The predicted octanol–water partition coefficient (Wildman–Crippen LogP) is 3.92. The van der Waals surface area contributed by atoms with E-state index in [0.717, 1.165) is 0 Å². The number of nitrogens with zero attached hydrogens (tertiary/aromatic N) is 1. The fourth-order valence-electron chi connectivity index (χ4n) is 2.06. The van der Waals surface area contributed by atoms with E-state index in [1.54, 1.807) is 0 Å². The van der Waals surface area contributed by atoms with Crippen molar-refractivity contribution in [3.63, 3.8) is 0 Å². The molecule has 0 aliphatic carbocycles. The van der Waals surface area contributed by atoms with Crippen LogP contribution in [-0.2, 0) is 0 Å². The molecule has 0 saturated heterocycles. The first-order valence-electron chi connectivity index (χ1n) is 5.55. The summed E-state index contributed by atoms with van der Waals surface area (Å²) in [6.45, 7) is 0. The van der Waals surface area contributed by atoms with Crippen molar-refractivity contribution in [2.45, 2.75) is 6.04 Å². The number of hydrogen-bond donors (Lipinski definition) is 0. The monoisotopic (exact) mass is 291 g/mol. The first-order chi connectivity index (χ1) is 7.79. The molecular weight excluding hydrogens is 274 g/mol. The molecule has 0 radical (unpaired) electrons. The number of hydrogen-bond acceptors (Lipinski definition) is 1. The van der Waals surface area contributed by atoms with Gasteiger partial charge in [0.2, 0.25) is 0 Å². The molecule has 0 aliphatic heterocycles. The van der Waals surface area contributed by atoms with E-state index < -0.39 is 0 Å². The average molecular weight is 292 g/mol. The largest absolute Gasteiger partial charge is 0.299 e. The third kappa shape index (κ3) is 3.42. The van der Waals surface area contributed by atoms with Crippen molar-refractivity contribution in [2.75, 3.05) is 14.1 Å². The van der Waals surface area contributed by atoms with Crippen molar-refractivity contribution >= 4 is 17.0 Å². The molecule has 0 unspecified atom stereocenters. The van der Waals surface area contributed by atoms with Crippen LogP contribution in [0, 0.1) is 0 Å². The number of benzene rings is 2. The van der Waals surface area contributed by atoms with Gasteiger partial charge >= 0.3 is 0 Å². The summed E-state index contributed by atoms with van der Waals surface area (Å²) in [6, 6.07) is 21.5. The summed E-state index contributed by atoms with van der Waals surface area (Å²) in [6.07, 6.45) is 0. The third-order valence-electron chi connectivity index (χ3n) is 2.75. The highest BCUT2D eigenvalue weighted by molar-refractivity contribution is 8.93. The maximum absolute atomic E-state index is 2.24. The van der Waals surface area contributed by atoms with Gasteiger partial charge in [0, 0.05) is 0 Å². The Balaban J connectivity index is 0.00000144. The van der Waals surface area contributed by atoms with Gasteiger partial charge in [-0.3, -0.25) is 4.90 Å². The Labute approximate surface area is 114 Å². The molecule has 0 saturated carbocycles. The predicted molar refractivity (Wildman–Crippen MR) is 78.7 cm³/mol. The molecule has 0 aromatic heterocycles. The van der Waals surface area contributed by atoms with Crippen LogP contribution in [0.5, 0.6) is 0 Å². The molecule has 2 rings (SSSR count). The van der Waals surface area contributed by atoms with E-state index in [1.807, 2.05) is 0 Å². The molecule has 90 valence electrons. The molecule has 0 heterocycles. The van der Waals surface area contributed by atoms with Gasteiger partial charge in [0.25, 0.3) is 0 Å². The van der Waals surface area contributed by atoms with Crippen LogP contribution in [0.15, 0.2) is 60.7 Å². The van der Waals surface area contributed by atoms with Crippen molar-refractivity contribution in [2.24, 2.45) is 0 Å². The van der Waals surface area contributed by atoms with Gasteiger partial charge in [-0.25, -0.2) is 0 Å². The summed E-state index contributed by atoms with van der Waals surface area (Å²) >= 11 is 0. The van der Waals surface area contributed by atoms with Crippen LogP contribution in [0.2, 0.25) is 0 Å². The lowest BCUT2D eigenvalue weighted by molar-refractivity contribution is 0.342. The molecule has 0 atom stereocenters. The number of halogens is 1. The molecule has 0 aliphatic rings. The van der Waals surface area contributed by atoms with E-state index in [4.69, 9.17) is 0 Å². The van der Waals surface area contributed by atoms with E-state index in [2.05, 4.69) is 79.7 Å². The lowest BCUT2D eigenvalue weighted by atomic mass is 9.98. The van der Waals surface area contributed by atoms with E-state index in [0.29, 0.717) is 6.04 Å². The Morgan fingerprint density at radius 3 is 1.35 bits per heavy atom. The minimum Gasteiger partial charge on any atom is -0.299 e. The van der Waals surface area contributed by atoms with Gasteiger partial charge in [-0.1, -0.05) is 60.7 Å². The van der Waals surface area contributed by atoms with E-state index >= 15 is 0 Å². The lowest BCUT2D eigenvalue weighted by Gasteiger charge is -2.25. The van der Waals surface area contributed by atoms with E-state index in [1.165, 1.54) is 11.1 Å². The Morgan fingerprint density at radius 1 is 0.706 bits per heavy atom. The van der Waals surface area contributed by atoms with Gasteiger partial charge in [0.05, 0.1) is 6.04 Å². The standard InChI is InChI=1S/C15H17N.BrH/c1-16(2)15(13-9-5-3-6-10-13)14-11-7-4-8-12-14;/h3-12,15H,1-2H3;1H. The van der Waals surface area contributed by atoms with Gasteiger partial charge in [0.15, 0.2) is 0 Å². The third-order valence-corrected chi connectivity index (χ3v) is 2.75. The van der Waals surface area contributed by atoms with Crippen LogP contribution >= 0.6 is 17.0 Å². The highest BCUT2D eigenvalue weighted by Crippen LogP contribution is 2.25. The maximum Gasteiger partial charge on any atom is 0.0596 e. The average Bonchev–Trinajstić information content (AvgIpc) is 2.31. The normalized spacial score (nSPS) is 10.4. The molecule has 0 bridgehead atoms. The zero-order valence-corrected chi connectivity index (χ0v) is 11.9. The Hall–Kier alpha value is -1.12. The fourth-order valence-corrected chi connectivity index (χ4v) is 2.06. The van der Waals surface area contributed by atoms with E-state index in [-0.39, 0.29) is 17.0 Å². The fraction of sp³-hybridized carbons (Fsp3) is 0.200. The quantitative estimate of drug-likeness (QED) is 0.829. The number of rotatable bonds is 3. The summed E-state index contributed by atoms with van der Waals surface area (Å²) in [7, 11) is 4.23. The first-order valence-corrected chi connectivity index (χ1v) is 5.55. The molecule has 2 aromatic carbocycles. The second-order valence-corrected chi connectivity index (χ2v) is 4.19. The molecule has 17 heavy (non-hydrogen) atoms. The molecule has 1 nitrogen and oxygen atoms in total. The van der Waals surface area contributed by atoms with Crippen LogP contribution in [0.25, 0.3) is 0 Å². The van der Waals surface area contributed by atoms with Crippen LogP contribution in [0.4, 0.5) is 0 Å². The zero-order chi connectivity index (χ0) is 11.4. The zero-order valence-electron chi connectivity index (χ0n) is 10.2. The van der Waals surface area contributed by atoms with Gasteiger partial charge < -0.3 is 0 Å². The summed E-state index contributed by atoms with van der Waals surface area (Å²) < 4.78 is 0. The molecule has 0 fully saturated rings. The summed E-state index contributed by atoms with van der Waals surface area (Å²) in [5.41, 5.74) is 2.66. The Morgan fingerprint density at radius 2 is 1.06 bits per heavy atom. The second-order valence-electron chi connectivity index (χ2n) is 4.19. The van der Waals surface area contributed by atoms with Crippen LogP contribution in [-0.4, -0.2) is 19.0 Å². The van der Waals surface area contributed by atoms with Crippen molar-refractivity contribution < 1.29 is 0 Å². The Kier molecular flexibility index (Phi) is 5.39. The SMILES string of the molecule is Br.CN(C)C(c1ccccc1)c1ccccc1. The lowest BCUT2D eigenvalue weighted by Crippen LogP contribution is -2.20. The molecule has 2 heteroatoms. The first kappa shape index (κ1) is 13.9. The topological polar surface area (TPSA) is 3.24 Å². The maximum atomic E-state index is 2.24. The van der Waals surface area contributed by atoms with Crippen molar-refractivity contribution in [1.82, 2.24) is 4.90 Å². The minimum absolute atomic E-state index is 0. The van der Waals surface area contributed by atoms with Crippen LogP contribution < -0.4 is 0 Å². The highest BCUT2D eigenvalue weighted by atomic mass is 79.9. The van der Waals surface area contributed by atoms with Gasteiger partial charge in [-0.05, 0) is 25.2 Å². The van der Waals surface area contributed by atoms with Crippen molar-refractivity contribution in [3.8, 4) is 0 Å². The molecular formula is C15H18BrN. The molecule has 0 amide bonds. The van der Waals surface area contributed by atoms with Gasteiger partial charge in [-0.15, -0.1) is 17.0 Å². The summed E-state index contributed by atoms with van der Waals surface area (Å²) in [5, 5.41) is 0. The van der Waals surface area contributed by atoms with Gasteiger partial charge in [-0.2, -0.15) is 0 Å². The van der Waals surface area contributed by atoms with Crippen molar-refractivity contribution in [3.05, 3.63) is 71.8 Å².